The smallest absolute Gasteiger partial charge is 0.220 e. The van der Waals surface area contributed by atoms with E-state index < -0.39 is 12.1 Å². The Morgan fingerprint density at radius 2 is 0.867 bits per heavy atom. The van der Waals surface area contributed by atoms with Crippen molar-refractivity contribution in [3.63, 3.8) is 0 Å². The van der Waals surface area contributed by atoms with E-state index >= 15 is 0 Å². The molecule has 0 saturated carbocycles. The predicted octanol–water partition coefficient (Wildman–Crippen LogP) is 11.8. The first-order chi connectivity index (χ1) is 22.2. The normalized spacial score (nSPS) is 13.4. The van der Waals surface area contributed by atoms with Crippen LogP contribution in [0.25, 0.3) is 0 Å². The maximum absolute atomic E-state index is 12.1. The molecule has 0 aromatic heterocycles. The quantitative estimate of drug-likeness (QED) is 0.0481. The van der Waals surface area contributed by atoms with Crippen LogP contribution >= 0.6 is 0 Å². The number of unbranched alkanes of at least 4 members (excludes halogenated alkanes) is 24. The average Bonchev–Trinajstić information content (AvgIpc) is 3.04. The second-order valence-corrected chi connectivity index (χ2v) is 13.3. The van der Waals surface area contributed by atoms with Crippen molar-refractivity contribution < 1.29 is 15.0 Å². The molecule has 0 spiro atoms. The van der Waals surface area contributed by atoms with E-state index in [4.69, 9.17) is 0 Å². The Morgan fingerprint density at radius 1 is 0.511 bits per heavy atom. The third kappa shape index (κ3) is 33.8. The number of nitrogens with one attached hydrogen (secondary N) is 1. The van der Waals surface area contributed by atoms with Gasteiger partial charge in [0.1, 0.15) is 0 Å². The van der Waals surface area contributed by atoms with Crippen molar-refractivity contribution in [2.45, 2.75) is 212 Å². The first-order valence-electron chi connectivity index (χ1n) is 19.7. The van der Waals surface area contributed by atoms with E-state index in [0.717, 1.165) is 38.5 Å². The molecule has 0 aliphatic carbocycles. The van der Waals surface area contributed by atoms with Gasteiger partial charge in [0, 0.05) is 6.42 Å². The first-order valence-corrected chi connectivity index (χ1v) is 19.7. The summed E-state index contributed by atoms with van der Waals surface area (Å²) < 4.78 is 0. The van der Waals surface area contributed by atoms with Crippen LogP contribution in [0.15, 0.2) is 36.5 Å². The zero-order valence-electron chi connectivity index (χ0n) is 30.1. The van der Waals surface area contributed by atoms with E-state index in [-0.39, 0.29) is 12.5 Å². The maximum atomic E-state index is 12.1. The zero-order valence-corrected chi connectivity index (χ0v) is 30.1. The van der Waals surface area contributed by atoms with Crippen LogP contribution in [0, 0.1) is 0 Å². The summed E-state index contributed by atoms with van der Waals surface area (Å²) in [6.07, 6.45) is 48.5. The molecule has 4 heteroatoms. The highest BCUT2D eigenvalue weighted by Crippen LogP contribution is 2.14. The highest BCUT2D eigenvalue weighted by Gasteiger charge is 2.17. The number of hydrogen-bond acceptors (Lipinski definition) is 3. The Labute approximate surface area is 281 Å². The SMILES string of the molecule is CCCCCCCCCCCCCCCCCCC/C=C/CC/C=C/CC/C=C/C(O)C(CO)NC(=O)CCCCCCCC. The number of aliphatic hydroxyl groups excluding tert-OH is 2. The number of amides is 1. The second kappa shape index (κ2) is 37.1. The van der Waals surface area contributed by atoms with Crippen molar-refractivity contribution in [1.82, 2.24) is 5.32 Å². The van der Waals surface area contributed by atoms with Crippen LogP contribution in [0.5, 0.6) is 0 Å². The van der Waals surface area contributed by atoms with Crippen molar-refractivity contribution in [3.05, 3.63) is 36.5 Å². The lowest BCUT2D eigenvalue weighted by Crippen LogP contribution is -2.45. The van der Waals surface area contributed by atoms with Crippen LogP contribution in [0.1, 0.15) is 200 Å². The Hall–Kier alpha value is -1.39. The summed E-state index contributed by atoms with van der Waals surface area (Å²) in [7, 11) is 0. The minimum atomic E-state index is -0.864. The van der Waals surface area contributed by atoms with E-state index in [1.807, 2.05) is 6.08 Å². The molecular weight excluding hydrogens is 554 g/mol. The van der Waals surface area contributed by atoms with Crippen LogP contribution in [0.3, 0.4) is 0 Å². The van der Waals surface area contributed by atoms with E-state index in [2.05, 4.69) is 43.5 Å². The van der Waals surface area contributed by atoms with Gasteiger partial charge in [-0.25, -0.2) is 0 Å². The van der Waals surface area contributed by atoms with E-state index in [0.29, 0.717) is 6.42 Å². The first kappa shape index (κ1) is 43.6. The molecule has 1 amide bonds. The fourth-order valence-electron chi connectivity index (χ4n) is 5.80. The van der Waals surface area contributed by atoms with Crippen LogP contribution in [-0.4, -0.2) is 34.9 Å². The van der Waals surface area contributed by atoms with Crippen molar-refractivity contribution in [2.24, 2.45) is 0 Å². The van der Waals surface area contributed by atoms with Crippen LogP contribution in [0.2, 0.25) is 0 Å². The van der Waals surface area contributed by atoms with E-state index in [1.165, 1.54) is 141 Å². The maximum Gasteiger partial charge on any atom is 0.220 e. The fraction of sp³-hybridized carbons (Fsp3) is 0.829. The molecule has 0 radical (unpaired) electrons. The predicted molar refractivity (Wildman–Crippen MR) is 198 cm³/mol. The Balaban J connectivity index is 3.54. The molecule has 0 fully saturated rings. The molecule has 2 atom stereocenters. The summed E-state index contributed by atoms with van der Waals surface area (Å²) in [6, 6.07) is -0.639. The van der Waals surface area contributed by atoms with Gasteiger partial charge in [-0.3, -0.25) is 4.79 Å². The summed E-state index contributed by atoms with van der Waals surface area (Å²) in [6.45, 7) is 4.22. The molecule has 0 bridgehead atoms. The van der Waals surface area contributed by atoms with Gasteiger partial charge < -0.3 is 15.5 Å². The highest BCUT2D eigenvalue weighted by molar-refractivity contribution is 5.76. The monoisotopic (exact) mass is 632 g/mol. The molecule has 3 N–H and O–H groups in total. The van der Waals surface area contributed by atoms with Gasteiger partial charge in [0.2, 0.25) is 5.91 Å². The molecule has 0 aromatic carbocycles. The van der Waals surface area contributed by atoms with Gasteiger partial charge in [0.25, 0.3) is 0 Å². The summed E-state index contributed by atoms with van der Waals surface area (Å²) in [5.74, 6) is -0.0887. The van der Waals surface area contributed by atoms with E-state index in [1.54, 1.807) is 6.08 Å². The number of allylic oxidation sites excluding steroid dienone is 5. The number of carbonyl (C=O) groups excluding carboxylic acids is 1. The van der Waals surface area contributed by atoms with Gasteiger partial charge in [0.05, 0.1) is 18.8 Å². The number of hydrogen-bond donors (Lipinski definition) is 3. The second-order valence-electron chi connectivity index (χ2n) is 13.3. The molecule has 0 saturated heterocycles. The lowest BCUT2D eigenvalue weighted by molar-refractivity contribution is -0.123. The summed E-state index contributed by atoms with van der Waals surface area (Å²) >= 11 is 0. The van der Waals surface area contributed by atoms with E-state index in [9.17, 15) is 15.0 Å². The Bertz CT molecular complexity index is 686. The lowest BCUT2D eigenvalue weighted by Gasteiger charge is -2.19. The van der Waals surface area contributed by atoms with Gasteiger partial charge in [-0.1, -0.05) is 185 Å². The van der Waals surface area contributed by atoms with Gasteiger partial charge in [-0.2, -0.15) is 0 Å². The van der Waals surface area contributed by atoms with Gasteiger partial charge >= 0.3 is 0 Å². The summed E-state index contributed by atoms with van der Waals surface area (Å²) in [5, 5.41) is 22.7. The highest BCUT2D eigenvalue weighted by atomic mass is 16.3. The Morgan fingerprint density at radius 3 is 1.29 bits per heavy atom. The molecule has 264 valence electrons. The van der Waals surface area contributed by atoms with Crippen molar-refractivity contribution in [3.8, 4) is 0 Å². The minimum Gasteiger partial charge on any atom is -0.394 e. The molecule has 0 aliphatic heterocycles. The molecular formula is C41H77NO3. The zero-order chi connectivity index (χ0) is 32.9. The molecule has 0 aromatic rings. The topological polar surface area (TPSA) is 69.6 Å². The van der Waals surface area contributed by atoms with Gasteiger partial charge in [0.15, 0.2) is 0 Å². The van der Waals surface area contributed by atoms with Crippen molar-refractivity contribution in [2.75, 3.05) is 6.61 Å². The van der Waals surface area contributed by atoms with Crippen molar-refractivity contribution in [1.29, 1.82) is 0 Å². The van der Waals surface area contributed by atoms with Gasteiger partial charge in [-0.05, 0) is 44.9 Å². The number of aliphatic hydroxyl groups is 2. The third-order valence-corrected chi connectivity index (χ3v) is 8.85. The molecule has 0 aliphatic rings. The number of rotatable bonds is 35. The molecule has 0 rings (SSSR count). The Kier molecular flexibility index (Phi) is 35.9. The van der Waals surface area contributed by atoms with Crippen molar-refractivity contribution >= 4 is 5.91 Å². The molecule has 2 unspecified atom stereocenters. The standard InChI is InChI=1S/C41H77NO3/c1-3-5-7-9-11-12-13-14-15-16-17-18-19-20-21-22-23-24-25-26-27-28-29-30-31-32-34-36-40(44)39(38-43)42-41(45)37-35-33-10-8-6-4-2/h25-26,29-30,34,36,39-40,43-44H,3-24,27-28,31-33,35,37-38H2,1-2H3,(H,42,45)/b26-25+,30-29+,36-34+. The summed E-state index contributed by atoms with van der Waals surface area (Å²) in [5.41, 5.74) is 0. The fourth-order valence-corrected chi connectivity index (χ4v) is 5.80. The summed E-state index contributed by atoms with van der Waals surface area (Å²) in [4.78, 5) is 12.1. The largest absolute Gasteiger partial charge is 0.394 e. The van der Waals surface area contributed by atoms with Crippen LogP contribution in [-0.2, 0) is 4.79 Å². The molecule has 4 nitrogen and oxygen atoms in total. The number of carbonyl (C=O) groups is 1. The van der Waals surface area contributed by atoms with Crippen LogP contribution < -0.4 is 5.32 Å². The molecule has 0 heterocycles. The minimum absolute atomic E-state index is 0.0887. The van der Waals surface area contributed by atoms with Gasteiger partial charge in [-0.15, -0.1) is 0 Å². The molecule has 45 heavy (non-hydrogen) atoms. The average molecular weight is 632 g/mol. The lowest BCUT2D eigenvalue weighted by atomic mass is 10.0. The van der Waals surface area contributed by atoms with Crippen LogP contribution in [0.4, 0.5) is 0 Å². The third-order valence-electron chi connectivity index (χ3n) is 8.85.